The highest BCUT2D eigenvalue weighted by Crippen LogP contribution is 2.29. The van der Waals surface area contributed by atoms with Crippen molar-refractivity contribution in [3.8, 4) is 0 Å². The summed E-state index contributed by atoms with van der Waals surface area (Å²) < 4.78 is 12.8. The van der Waals surface area contributed by atoms with Crippen molar-refractivity contribution in [1.29, 1.82) is 0 Å². The second-order valence-corrected chi connectivity index (χ2v) is 3.42. The summed E-state index contributed by atoms with van der Waals surface area (Å²) in [5.74, 6) is 0.703. The second-order valence-electron chi connectivity index (χ2n) is 3.42. The van der Waals surface area contributed by atoms with Gasteiger partial charge in [-0.15, -0.1) is 0 Å². The fraction of sp³-hybridized carbons (Fsp3) is 1.00. The summed E-state index contributed by atoms with van der Waals surface area (Å²) in [4.78, 5) is 0. The van der Waals surface area contributed by atoms with Gasteiger partial charge in [0.25, 0.3) is 0 Å². The van der Waals surface area contributed by atoms with Gasteiger partial charge in [-0.3, -0.25) is 0 Å². The van der Waals surface area contributed by atoms with E-state index in [0.717, 1.165) is 19.3 Å². The lowest BCUT2D eigenvalue weighted by Gasteiger charge is -2.23. The molecule has 0 heterocycles. The molecule has 0 bridgehead atoms. The van der Waals surface area contributed by atoms with Crippen LogP contribution >= 0.6 is 0 Å². The summed E-state index contributed by atoms with van der Waals surface area (Å²) in [5, 5.41) is 0. The van der Waals surface area contributed by atoms with Crippen molar-refractivity contribution >= 4 is 0 Å². The van der Waals surface area contributed by atoms with Gasteiger partial charge in [0.05, 0.1) is 0 Å². The van der Waals surface area contributed by atoms with Crippen LogP contribution in [-0.4, -0.2) is 11.6 Å². The van der Waals surface area contributed by atoms with Crippen LogP contribution in [-0.2, 0) is 0 Å². The molecule has 1 aliphatic rings. The summed E-state index contributed by atoms with van der Waals surface area (Å²) in [5.41, 5.74) is 0. The second kappa shape index (κ2) is 9.97. The van der Waals surface area contributed by atoms with Gasteiger partial charge in [0.15, 0.2) is 0 Å². The molecule has 0 aliphatic heterocycles. The van der Waals surface area contributed by atoms with Gasteiger partial charge in [0.1, 0.15) is 6.17 Å². The minimum atomic E-state index is -0.481. The highest BCUT2D eigenvalue weighted by Gasteiger charge is 2.19. The molecule has 2 N–H and O–H groups in total. The van der Waals surface area contributed by atoms with E-state index in [0.29, 0.717) is 5.92 Å². The fourth-order valence-corrected chi connectivity index (χ4v) is 1.90. The first-order chi connectivity index (χ1) is 5.83. The smallest absolute Gasteiger partial charge is 0.100 e. The Morgan fingerprint density at radius 1 is 1.23 bits per heavy atom. The molecule has 82 valence electrons. The van der Waals surface area contributed by atoms with E-state index in [9.17, 15) is 4.39 Å². The molecule has 0 radical (unpaired) electrons. The number of alkyl halides is 1. The van der Waals surface area contributed by atoms with Crippen molar-refractivity contribution in [2.24, 2.45) is 5.92 Å². The van der Waals surface area contributed by atoms with Crippen LogP contribution in [0.2, 0.25) is 0 Å². The third-order valence-electron chi connectivity index (χ3n) is 2.42. The van der Waals surface area contributed by atoms with Crippen molar-refractivity contribution < 1.29 is 9.87 Å². The lowest BCUT2D eigenvalue weighted by molar-refractivity contribution is 0.191. The van der Waals surface area contributed by atoms with Crippen LogP contribution < -0.4 is 0 Å². The zero-order valence-corrected chi connectivity index (χ0v) is 9.28. The first-order valence-electron chi connectivity index (χ1n) is 5.47. The maximum atomic E-state index is 12.8. The van der Waals surface area contributed by atoms with Gasteiger partial charge >= 0.3 is 0 Å². The molecule has 0 aromatic carbocycles. The van der Waals surface area contributed by atoms with Crippen molar-refractivity contribution in [3.63, 3.8) is 0 Å². The third kappa shape index (κ3) is 7.00. The Balaban J connectivity index is 0. The van der Waals surface area contributed by atoms with Gasteiger partial charge in [-0.2, -0.15) is 0 Å². The van der Waals surface area contributed by atoms with Crippen LogP contribution in [0, 0.1) is 5.92 Å². The number of halogens is 1. The predicted octanol–water partition coefficient (Wildman–Crippen LogP) is 3.52. The Kier molecular flexibility index (Phi) is 11.8. The Hall–Kier alpha value is -0.110. The van der Waals surface area contributed by atoms with Crippen molar-refractivity contribution in [2.45, 2.75) is 65.5 Å². The SMILES string of the molecule is CC.CCCC1CCCC(F)C1.O. The van der Waals surface area contributed by atoms with Crippen LogP contribution in [0.25, 0.3) is 0 Å². The Labute approximate surface area is 82.0 Å². The van der Waals surface area contributed by atoms with E-state index < -0.39 is 6.17 Å². The quantitative estimate of drug-likeness (QED) is 0.641. The highest BCUT2D eigenvalue weighted by atomic mass is 19.1. The zero-order valence-electron chi connectivity index (χ0n) is 9.28. The summed E-state index contributed by atoms with van der Waals surface area (Å²) in [7, 11) is 0. The molecule has 13 heavy (non-hydrogen) atoms. The molecule has 0 saturated heterocycles. The van der Waals surface area contributed by atoms with E-state index in [2.05, 4.69) is 6.92 Å². The monoisotopic (exact) mass is 192 g/mol. The Bertz CT molecular complexity index is 94.1. The number of hydrogen-bond donors (Lipinski definition) is 0. The van der Waals surface area contributed by atoms with E-state index in [-0.39, 0.29) is 5.48 Å². The van der Waals surface area contributed by atoms with Crippen LogP contribution in [0.4, 0.5) is 4.39 Å². The van der Waals surface area contributed by atoms with Gasteiger partial charge in [-0.05, 0) is 18.8 Å². The molecule has 0 aromatic rings. The molecular weight excluding hydrogens is 167 g/mol. The van der Waals surface area contributed by atoms with Crippen LogP contribution in [0.15, 0.2) is 0 Å². The molecule has 0 aromatic heterocycles. The van der Waals surface area contributed by atoms with E-state index in [4.69, 9.17) is 0 Å². The molecule has 0 amide bonds. The Morgan fingerprint density at radius 2 is 1.85 bits per heavy atom. The largest absolute Gasteiger partial charge is 0.412 e. The summed E-state index contributed by atoms with van der Waals surface area (Å²) in [6, 6.07) is 0. The van der Waals surface area contributed by atoms with E-state index in [1.54, 1.807) is 0 Å². The number of hydrogen-bond acceptors (Lipinski definition) is 0. The Morgan fingerprint density at radius 3 is 2.31 bits per heavy atom. The molecule has 2 heteroatoms. The molecule has 2 unspecified atom stereocenters. The van der Waals surface area contributed by atoms with Gasteiger partial charge in [0, 0.05) is 0 Å². The molecular formula is C11H25FO. The van der Waals surface area contributed by atoms with Crippen LogP contribution in [0.3, 0.4) is 0 Å². The topological polar surface area (TPSA) is 31.5 Å². The normalized spacial score (nSPS) is 26.8. The molecule has 2 atom stereocenters. The number of rotatable bonds is 2. The van der Waals surface area contributed by atoms with Crippen LogP contribution in [0.1, 0.15) is 59.3 Å². The van der Waals surface area contributed by atoms with E-state index in [1.165, 1.54) is 19.3 Å². The molecule has 1 rings (SSSR count). The fourth-order valence-electron chi connectivity index (χ4n) is 1.90. The summed E-state index contributed by atoms with van der Waals surface area (Å²) >= 11 is 0. The molecule has 1 fully saturated rings. The van der Waals surface area contributed by atoms with Gasteiger partial charge in [-0.1, -0.05) is 46.5 Å². The lowest BCUT2D eigenvalue weighted by Crippen LogP contribution is -2.15. The first kappa shape index (κ1) is 15.4. The van der Waals surface area contributed by atoms with E-state index >= 15 is 0 Å². The minimum Gasteiger partial charge on any atom is -0.412 e. The first-order valence-corrected chi connectivity index (χ1v) is 5.47. The van der Waals surface area contributed by atoms with E-state index in [1.807, 2.05) is 13.8 Å². The lowest BCUT2D eigenvalue weighted by atomic mass is 9.85. The standard InChI is InChI=1S/C9H17F.C2H6.H2O/c1-2-4-8-5-3-6-9(10)7-8;1-2;/h8-9H,2-7H2,1H3;1-2H3;1H2. The van der Waals surface area contributed by atoms with Gasteiger partial charge in [-0.25, -0.2) is 4.39 Å². The van der Waals surface area contributed by atoms with Gasteiger partial charge < -0.3 is 5.48 Å². The van der Waals surface area contributed by atoms with Crippen LogP contribution in [0.5, 0.6) is 0 Å². The molecule has 1 nitrogen and oxygen atoms in total. The maximum absolute atomic E-state index is 12.8. The predicted molar refractivity (Wildman–Crippen MR) is 56.7 cm³/mol. The van der Waals surface area contributed by atoms with Crippen molar-refractivity contribution in [1.82, 2.24) is 0 Å². The average molecular weight is 192 g/mol. The van der Waals surface area contributed by atoms with Gasteiger partial charge in [0.2, 0.25) is 0 Å². The molecule has 1 aliphatic carbocycles. The molecule has 1 saturated carbocycles. The summed E-state index contributed by atoms with van der Waals surface area (Å²) in [6.45, 7) is 6.18. The van der Waals surface area contributed by atoms with Crippen molar-refractivity contribution in [3.05, 3.63) is 0 Å². The highest BCUT2D eigenvalue weighted by molar-refractivity contribution is 4.71. The zero-order chi connectivity index (χ0) is 9.40. The third-order valence-corrected chi connectivity index (χ3v) is 2.42. The van der Waals surface area contributed by atoms with Crippen molar-refractivity contribution in [2.75, 3.05) is 0 Å². The molecule has 0 spiro atoms. The maximum Gasteiger partial charge on any atom is 0.100 e. The average Bonchev–Trinajstić information content (AvgIpc) is 2.09. The minimum absolute atomic E-state index is 0. The summed E-state index contributed by atoms with van der Waals surface area (Å²) in [6.07, 6.45) is 6.02.